The summed E-state index contributed by atoms with van der Waals surface area (Å²) in [7, 11) is 1.75. The molecule has 0 aromatic heterocycles. The average molecular weight is 296 g/mol. The second-order valence-electron chi connectivity index (χ2n) is 6.59. The van der Waals surface area contributed by atoms with Crippen LogP contribution in [0.5, 0.6) is 0 Å². The van der Waals surface area contributed by atoms with E-state index in [-0.39, 0.29) is 18.1 Å². The zero-order valence-electron chi connectivity index (χ0n) is 12.5. The van der Waals surface area contributed by atoms with Crippen molar-refractivity contribution in [2.45, 2.75) is 44.2 Å². The van der Waals surface area contributed by atoms with Gasteiger partial charge in [-0.3, -0.25) is 0 Å². The van der Waals surface area contributed by atoms with Crippen molar-refractivity contribution in [3.63, 3.8) is 0 Å². The molecule has 0 radical (unpaired) electrons. The van der Waals surface area contributed by atoms with Crippen molar-refractivity contribution in [3.05, 3.63) is 0 Å². The number of urea groups is 1. The van der Waals surface area contributed by atoms with Crippen molar-refractivity contribution in [2.24, 2.45) is 11.8 Å². The number of likely N-dealkylation sites (N-methyl/N-ethyl adjacent to an activating group) is 1. The first-order chi connectivity index (χ1) is 10.1. The SMILES string of the molecule is CN(CC1CCCO1)C(=O)N1CC2CCCC2C1C(=O)O. The lowest BCUT2D eigenvalue weighted by Crippen LogP contribution is -2.49. The Morgan fingerprint density at radius 3 is 2.76 bits per heavy atom. The van der Waals surface area contributed by atoms with Gasteiger partial charge in [-0.2, -0.15) is 0 Å². The lowest BCUT2D eigenvalue weighted by Gasteiger charge is -2.30. The molecule has 0 aromatic carbocycles. The number of likely N-dealkylation sites (tertiary alicyclic amines) is 1. The van der Waals surface area contributed by atoms with E-state index in [2.05, 4.69) is 0 Å². The monoisotopic (exact) mass is 296 g/mol. The minimum Gasteiger partial charge on any atom is -0.480 e. The predicted molar refractivity (Wildman–Crippen MR) is 76.0 cm³/mol. The number of aliphatic carboxylic acids is 1. The van der Waals surface area contributed by atoms with E-state index < -0.39 is 12.0 Å². The Hall–Kier alpha value is -1.30. The second kappa shape index (κ2) is 5.83. The normalized spacial score (nSPS) is 35.0. The fraction of sp³-hybridized carbons (Fsp3) is 0.867. The number of carbonyl (C=O) groups is 2. The van der Waals surface area contributed by atoms with Gasteiger partial charge in [-0.15, -0.1) is 0 Å². The first-order valence-electron chi connectivity index (χ1n) is 7.94. The van der Waals surface area contributed by atoms with Crippen LogP contribution in [0.4, 0.5) is 4.79 Å². The summed E-state index contributed by atoms with van der Waals surface area (Å²) >= 11 is 0. The molecule has 3 fully saturated rings. The van der Waals surface area contributed by atoms with Gasteiger partial charge >= 0.3 is 12.0 Å². The van der Waals surface area contributed by atoms with Crippen molar-refractivity contribution in [3.8, 4) is 0 Å². The number of ether oxygens (including phenoxy) is 1. The maximum Gasteiger partial charge on any atom is 0.326 e. The summed E-state index contributed by atoms with van der Waals surface area (Å²) in [5.41, 5.74) is 0. The number of carbonyl (C=O) groups excluding carboxylic acids is 1. The fourth-order valence-corrected chi connectivity index (χ4v) is 4.21. The summed E-state index contributed by atoms with van der Waals surface area (Å²) in [6, 6.07) is -0.802. The highest BCUT2D eigenvalue weighted by Gasteiger charge is 2.50. The molecule has 2 saturated heterocycles. The van der Waals surface area contributed by atoms with Gasteiger partial charge in [0.25, 0.3) is 0 Å². The minimum atomic E-state index is -0.858. The van der Waals surface area contributed by atoms with E-state index >= 15 is 0 Å². The summed E-state index contributed by atoms with van der Waals surface area (Å²) in [5.74, 6) is -0.350. The molecule has 0 aromatic rings. The van der Waals surface area contributed by atoms with Crippen molar-refractivity contribution in [1.82, 2.24) is 9.80 Å². The number of nitrogens with zero attached hydrogens (tertiary/aromatic N) is 2. The molecule has 3 rings (SSSR count). The molecular formula is C15H24N2O4. The Bertz CT molecular complexity index is 422. The zero-order valence-corrected chi connectivity index (χ0v) is 12.5. The number of carboxylic acids is 1. The van der Waals surface area contributed by atoms with E-state index in [0.717, 1.165) is 38.7 Å². The molecule has 1 N–H and O–H groups in total. The molecule has 0 spiro atoms. The van der Waals surface area contributed by atoms with Crippen LogP contribution in [0.25, 0.3) is 0 Å². The van der Waals surface area contributed by atoms with Gasteiger partial charge in [-0.05, 0) is 37.5 Å². The fourth-order valence-electron chi connectivity index (χ4n) is 4.21. The van der Waals surface area contributed by atoms with Gasteiger partial charge < -0.3 is 19.6 Å². The largest absolute Gasteiger partial charge is 0.480 e. The standard InChI is InChI=1S/C15H24N2O4/c1-16(9-11-5-3-7-21-11)15(20)17-8-10-4-2-6-12(10)13(17)14(18)19/h10-13H,2-9H2,1H3,(H,18,19). The third-order valence-corrected chi connectivity index (χ3v) is 5.22. The molecule has 21 heavy (non-hydrogen) atoms. The predicted octanol–water partition coefficient (Wildman–Crippen LogP) is 1.40. The highest BCUT2D eigenvalue weighted by molar-refractivity contribution is 5.83. The van der Waals surface area contributed by atoms with E-state index in [1.165, 1.54) is 0 Å². The van der Waals surface area contributed by atoms with E-state index in [0.29, 0.717) is 19.0 Å². The molecule has 1 saturated carbocycles. The number of amides is 2. The van der Waals surface area contributed by atoms with Crippen LogP contribution in [-0.4, -0.2) is 65.8 Å². The van der Waals surface area contributed by atoms with Crippen molar-refractivity contribution in [2.75, 3.05) is 26.7 Å². The van der Waals surface area contributed by atoms with Crippen LogP contribution >= 0.6 is 0 Å². The Morgan fingerprint density at radius 1 is 1.29 bits per heavy atom. The molecule has 4 unspecified atom stereocenters. The molecule has 6 heteroatoms. The van der Waals surface area contributed by atoms with E-state index in [4.69, 9.17) is 4.74 Å². The summed E-state index contributed by atoms with van der Waals surface area (Å²) in [4.78, 5) is 27.4. The summed E-state index contributed by atoms with van der Waals surface area (Å²) in [6.07, 6.45) is 5.19. The number of carboxylic acid groups (broad SMARTS) is 1. The van der Waals surface area contributed by atoms with Gasteiger partial charge in [0.2, 0.25) is 0 Å². The number of hydrogen-bond donors (Lipinski definition) is 1. The molecule has 1 aliphatic carbocycles. The van der Waals surface area contributed by atoms with Crippen LogP contribution in [0, 0.1) is 11.8 Å². The third-order valence-electron chi connectivity index (χ3n) is 5.22. The van der Waals surface area contributed by atoms with Crippen LogP contribution in [0.15, 0.2) is 0 Å². The molecule has 2 amide bonds. The number of hydrogen-bond acceptors (Lipinski definition) is 3. The van der Waals surface area contributed by atoms with E-state index in [1.54, 1.807) is 16.8 Å². The van der Waals surface area contributed by atoms with Crippen LogP contribution in [0.1, 0.15) is 32.1 Å². The highest BCUT2D eigenvalue weighted by atomic mass is 16.5. The second-order valence-corrected chi connectivity index (χ2v) is 6.59. The molecule has 4 atom stereocenters. The summed E-state index contributed by atoms with van der Waals surface area (Å²) in [5, 5.41) is 9.51. The lowest BCUT2D eigenvalue weighted by molar-refractivity contribution is -0.142. The zero-order chi connectivity index (χ0) is 15.0. The minimum absolute atomic E-state index is 0.101. The molecule has 118 valence electrons. The average Bonchev–Trinajstić information content (AvgIpc) is 3.12. The van der Waals surface area contributed by atoms with Gasteiger partial charge in [-0.1, -0.05) is 6.42 Å². The first kappa shape index (κ1) is 14.6. The van der Waals surface area contributed by atoms with Crippen LogP contribution in [0.2, 0.25) is 0 Å². The van der Waals surface area contributed by atoms with Gasteiger partial charge in [0.15, 0.2) is 0 Å². The molecule has 6 nitrogen and oxygen atoms in total. The van der Waals surface area contributed by atoms with Crippen LogP contribution < -0.4 is 0 Å². The summed E-state index contributed by atoms with van der Waals surface area (Å²) in [6.45, 7) is 1.91. The van der Waals surface area contributed by atoms with Gasteiger partial charge in [0.1, 0.15) is 6.04 Å². The van der Waals surface area contributed by atoms with Crippen molar-refractivity contribution >= 4 is 12.0 Å². The summed E-state index contributed by atoms with van der Waals surface area (Å²) < 4.78 is 5.56. The Balaban J connectivity index is 1.66. The van der Waals surface area contributed by atoms with Crippen LogP contribution in [-0.2, 0) is 9.53 Å². The van der Waals surface area contributed by atoms with Gasteiger partial charge in [0.05, 0.1) is 6.10 Å². The highest BCUT2D eigenvalue weighted by Crippen LogP contribution is 2.42. The quantitative estimate of drug-likeness (QED) is 0.854. The van der Waals surface area contributed by atoms with Crippen molar-refractivity contribution < 1.29 is 19.4 Å². The molecule has 2 aliphatic heterocycles. The first-order valence-corrected chi connectivity index (χ1v) is 7.94. The smallest absolute Gasteiger partial charge is 0.326 e. The maximum atomic E-state index is 12.6. The van der Waals surface area contributed by atoms with E-state index in [1.807, 2.05) is 0 Å². The maximum absolute atomic E-state index is 12.6. The third kappa shape index (κ3) is 2.73. The molecular weight excluding hydrogens is 272 g/mol. The van der Waals surface area contributed by atoms with E-state index in [9.17, 15) is 14.7 Å². The Labute approximate surface area is 125 Å². The van der Waals surface area contributed by atoms with Crippen LogP contribution in [0.3, 0.4) is 0 Å². The lowest BCUT2D eigenvalue weighted by atomic mass is 9.94. The topological polar surface area (TPSA) is 70.1 Å². The number of fused-ring (bicyclic) bond motifs is 1. The van der Waals surface area contributed by atoms with Crippen molar-refractivity contribution in [1.29, 1.82) is 0 Å². The Morgan fingerprint density at radius 2 is 2.10 bits per heavy atom. The van der Waals surface area contributed by atoms with Gasteiger partial charge in [0, 0.05) is 26.7 Å². The molecule has 2 heterocycles. The van der Waals surface area contributed by atoms with Gasteiger partial charge in [-0.25, -0.2) is 9.59 Å². The molecule has 0 bridgehead atoms. The molecule has 3 aliphatic rings. The number of rotatable bonds is 3. The Kier molecular flexibility index (Phi) is 4.06.